The summed E-state index contributed by atoms with van der Waals surface area (Å²) in [7, 11) is 0. The van der Waals surface area contributed by atoms with Crippen LogP contribution in [0.5, 0.6) is 0 Å². The Morgan fingerprint density at radius 2 is 1.11 bits per heavy atom. The molecule has 2 atom stereocenters. The Hall–Kier alpha value is -6.75. The molecule has 0 bridgehead atoms. The molecular weight excluding hydrogens is 647 g/mol. The smallest absolute Gasteiger partial charge is 0.135 e. The molecule has 0 saturated heterocycles. The maximum atomic E-state index is 6.32. The summed E-state index contributed by atoms with van der Waals surface area (Å²) in [4.78, 5) is 5.38. The van der Waals surface area contributed by atoms with Gasteiger partial charge in [-0.2, -0.15) is 0 Å². The van der Waals surface area contributed by atoms with Gasteiger partial charge >= 0.3 is 0 Å². The maximum Gasteiger partial charge on any atom is 0.135 e. The SMILES string of the molecule is c1ccc(-c2ccc(C3N=C(c4ccc(-c5ccc6ccccc6c5)cc4)NC(c4cccc5oc6ccccc6c45)N3)cc2-c2ccccc2)cc1. The van der Waals surface area contributed by atoms with Crippen LogP contribution in [0.1, 0.15) is 29.0 Å². The zero-order valence-corrected chi connectivity index (χ0v) is 28.9. The van der Waals surface area contributed by atoms with E-state index in [0.717, 1.165) is 44.5 Å². The van der Waals surface area contributed by atoms with Crippen molar-refractivity contribution < 1.29 is 4.42 Å². The number of hydrogen-bond donors (Lipinski definition) is 2. The molecule has 1 aliphatic rings. The fraction of sp³-hybridized carbons (Fsp3) is 0.0408. The lowest BCUT2D eigenvalue weighted by molar-refractivity contribution is 0.411. The second kappa shape index (κ2) is 13.1. The number of hydrogen-bond acceptors (Lipinski definition) is 4. The Kier molecular flexibility index (Phi) is 7.67. The number of amidine groups is 1. The summed E-state index contributed by atoms with van der Waals surface area (Å²) in [5, 5.41) is 12.4. The molecule has 0 fully saturated rings. The van der Waals surface area contributed by atoms with Crippen molar-refractivity contribution in [1.82, 2.24) is 10.6 Å². The van der Waals surface area contributed by atoms with Crippen molar-refractivity contribution >= 4 is 38.5 Å². The highest BCUT2D eigenvalue weighted by atomic mass is 16.3. The quantitative estimate of drug-likeness (QED) is 0.184. The molecule has 252 valence electrons. The number of fused-ring (bicyclic) bond motifs is 4. The molecule has 1 aromatic heterocycles. The summed E-state index contributed by atoms with van der Waals surface area (Å²) in [6.45, 7) is 0. The van der Waals surface area contributed by atoms with E-state index in [1.807, 2.05) is 18.2 Å². The van der Waals surface area contributed by atoms with Gasteiger partial charge in [0, 0.05) is 21.9 Å². The molecule has 0 saturated carbocycles. The summed E-state index contributed by atoms with van der Waals surface area (Å²) in [6.07, 6.45) is -0.566. The molecule has 10 rings (SSSR count). The normalized spacial score (nSPS) is 15.7. The van der Waals surface area contributed by atoms with Gasteiger partial charge in [-0.05, 0) is 74.0 Å². The van der Waals surface area contributed by atoms with Crippen LogP contribution in [0.4, 0.5) is 0 Å². The minimum Gasteiger partial charge on any atom is -0.456 e. The highest BCUT2D eigenvalue weighted by Gasteiger charge is 2.28. The zero-order chi connectivity index (χ0) is 35.1. The molecule has 4 nitrogen and oxygen atoms in total. The Morgan fingerprint density at radius 1 is 0.453 bits per heavy atom. The molecule has 8 aromatic carbocycles. The summed E-state index contributed by atoms with van der Waals surface area (Å²) in [5.41, 5.74) is 12.0. The van der Waals surface area contributed by atoms with E-state index < -0.39 is 0 Å². The third-order valence-corrected chi connectivity index (χ3v) is 10.4. The number of aliphatic imine (C=N–C) groups is 1. The fourth-order valence-corrected chi connectivity index (χ4v) is 7.73. The Balaban J connectivity index is 1.09. The van der Waals surface area contributed by atoms with Crippen LogP contribution in [-0.4, -0.2) is 5.84 Å². The van der Waals surface area contributed by atoms with E-state index in [9.17, 15) is 0 Å². The van der Waals surface area contributed by atoms with E-state index in [0.29, 0.717) is 0 Å². The molecule has 53 heavy (non-hydrogen) atoms. The maximum absolute atomic E-state index is 6.32. The molecular formula is C49H35N3O. The number of furan rings is 1. The fourth-order valence-electron chi connectivity index (χ4n) is 7.73. The number of nitrogens with zero attached hydrogens (tertiary/aromatic N) is 1. The van der Waals surface area contributed by atoms with Gasteiger partial charge in [-0.15, -0.1) is 0 Å². The lowest BCUT2D eigenvalue weighted by Gasteiger charge is -2.33. The van der Waals surface area contributed by atoms with Gasteiger partial charge in [0.1, 0.15) is 29.3 Å². The first-order valence-electron chi connectivity index (χ1n) is 18.1. The van der Waals surface area contributed by atoms with E-state index in [1.165, 1.54) is 44.2 Å². The van der Waals surface area contributed by atoms with Crippen LogP contribution in [0.15, 0.2) is 197 Å². The molecule has 0 radical (unpaired) electrons. The number of benzene rings is 8. The molecule has 1 aliphatic heterocycles. The summed E-state index contributed by atoms with van der Waals surface area (Å²) in [5.74, 6) is 0.835. The van der Waals surface area contributed by atoms with Gasteiger partial charge in [0.15, 0.2) is 0 Å². The van der Waals surface area contributed by atoms with Crippen molar-refractivity contribution in [3.8, 4) is 33.4 Å². The van der Waals surface area contributed by atoms with E-state index in [2.05, 4.69) is 180 Å². The van der Waals surface area contributed by atoms with Crippen LogP contribution in [-0.2, 0) is 0 Å². The highest BCUT2D eigenvalue weighted by molar-refractivity contribution is 6.07. The van der Waals surface area contributed by atoms with Crippen molar-refractivity contribution in [1.29, 1.82) is 0 Å². The van der Waals surface area contributed by atoms with Crippen LogP contribution in [0.25, 0.3) is 66.1 Å². The van der Waals surface area contributed by atoms with Crippen molar-refractivity contribution in [2.75, 3.05) is 0 Å². The van der Waals surface area contributed by atoms with Crippen molar-refractivity contribution in [3.05, 3.63) is 205 Å². The Bertz CT molecular complexity index is 2790. The highest BCUT2D eigenvalue weighted by Crippen LogP contribution is 2.38. The lowest BCUT2D eigenvalue weighted by atomic mass is 9.92. The molecule has 2 N–H and O–H groups in total. The van der Waals surface area contributed by atoms with E-state index >= 15 is 0 Å². The predicted octanol–water partition coefficient (Wildman–Crippen LogP) is 12.1. The molecule has 0 aliphatic carbocycles. The Morgan fingerprint density at radius 3 is 1.92 bits per heavy atom. The average molecular weight is 682 g/mol. The second-order valence-electron chi connectivity index (χ2n) is 13.6. The third-order valence-electron chi connectivity index (χ3n) is 10.4. The van der Waals surface area contributed by atoms with Gasteiger partial charge in [0.25, 0.3) is 0 Å². The van der Waals surface area contributed by atoms with Gasteiger partial charge in [0.05, 0.1) is 0 Å². The first kappa shape index (κ1) is 31.0. The predicted molar refractivity (Wildman–Crippen MR) is 219 cm³/mol. The van der Waals surface area contributed by atoms with Gasteiger partial charge in [-0.25, -0.2) is 4.99 Å². The van der Waals surface area contributed by atoms with E-state index in [4.69, 9.17) is 9.41 Å². The first-order chi connectivity index (χ1) is 26.2. The minimum absolute atomic E-state index is 0.244. The van der Waals surface area contributed by atoms with Crippen molar-refractivity contribution in [3.63, 3.8) is 0 Å². The van der Waals surface area contributed by atoms with Crippen LogP contribution < -0.4 is 10.6 Å². The standard InChI is InChI=1S/C49H35N3O/c1-3-13-34(14-4-1)40-29-28-39(31-43(40)35-15-5-2-6-16-35)48-50-47(36-25-22-33(23-26-36)38-27-24-32-12-7-8-17-37(32)30-38)51-49(52-48)42-19-11-21-45-46(42)41-18-9-10-20-44(41)53-45/h1-31,48-49,52H,(H,50,51). The van der Waals surface area contributed by atoms with E-state index in [-0.39, 0.29) is 12.3 Å². The topological polar surface area (TPSA) is 49.6 Å². The molecule has 0 spiro atoms. The zero-order valence-electron chi connectivity index (χ0n) is 28.9. The Labute approximate surface area is 308 Å². The molecule has 0 amide bonds. The molecule has 2 unspecified atom stereocenters. The summed E-state index contributed by atoms with van der Waals surface area (Å²) >= 11 is 0. The number of rotatable bonds is 6. The van der Waals surface area contributed by atoms with Crippen LogP contribution >= 0.6 is 0 Å². The monoisotopic (exact) mass is 681 g/mol. The first-order valence-corrected chi connectivity index (χ1v) is 18.1. The third kappa shape index (κ3) is 5.76. The van der Waals surface area contributed by atoms with Crippen LogP contribution in [0, 0.1) is 0 Å². The van der Waals surface area contributed by atoms with Crippen LogP contribution in [0.2, 0.25) is 0 Å². The minimum atomic E-state index is -0.322. The number of nitrogens with one attached hydrogen (secondary N) is 2. The van der Waals surface area contributed by atoms with Gasteiger partial charge in [0.2, 0.25) is 0 Å². The molecule has 2 heterocycles. The molecule has 9 aromatic rings. The van der Waals surface area contributed by atoms with Gasteiger partial charge in [-0.1, -0.05) is 164 Å². The number of para-hydroxylation sites is 1. The van der Waals surface area contributed by atoms with Crippen molar-refractivity contribution in [2.24, 2.45) is 4.99 Å². The van der Waals surface area contributed by atoms with Gasteiger partial charge < -0.3 is 9.73 Å². The second-order valence-corrected chi connectivity index (χ2v) is 13.6. The largest absolute Gasteiger partial charge is 0.456 e. The average Bonchev–Trinajstić information content (AvgIpc) is 3.63. The van der Waals surface area contributed by atoms with Crippen LogP contribution in [0.3, 0.4) is 0 Å². The lowest BCUT2D eigenvalue weighted by Crippen LogP contribution is -2.45. The summed E-state index contributed by atoms with van der Waals surface area (Å²) < 4.78 is 6.32. The molecule has 4 heteroatoms. The van der Waals surface area contributed by atoms with Crippen molar-refractivity contribution in [2.45, 2.75) is 12.3 Å². The van der Waals surface area contributed by atoms with E-state index in [1.54, 1.807) is 0 Å². The van der Waals surface area contributed by atoms with Gasteiger partial charge in [-0.3, -0.25) is 5.32 Å². The summed E-state index contributed by atoms with van der Waals surface area (Å²) in [6, 6.07) is 66.5.